The zero-order chi connectivity index (χ0) is 24.8. The van der Waals surface area contributed by atoms with Gasteiger partial charge in [-0.3, -0.25) is 14.6 Å². The topological polar surface area (TPSA) is 133 Å². The lowest BCUT2D eigenvalue weighted by Crippen LogP contribution is -2.43. The number of ether oxygens (including phenoxy) is 1. The van der Waals surface area contributed by atoms with Gasteiger partial charge in [-0.2, -0.15) is 5.10 Å². The molecule has 182 valence electrons. The van der Waals surface area contributed by atoms with E-state index in [0.29, 0.717) is 41.7 Å². The van der Waals surface area contributed by atoms with Gasteiger partial charge >= 0.3 is 0 Å². The summed E-state index contributed by atoms with van der Waals surface area (Å²) in [6.45, 7) is 3.27. The quantitative estimate of drug-likeness (QED) is 0.416. The highest BCUT2D eigenvalue weighted by Crippen LogP contribution is 2.42. The minimum atomic E-state index is -0.706. The molecule has 6 rings (SSSR count). The van der Waals surface area contributed by atoms with E-state index >= 15 is 0 Å². The van der Waals surface area contributed by atoms with Crippen LogP contribution in [0, 0.1) is 6.92 Å². The molecule has 0 spiro atoms. The smallest absolute Gasteiger partial charge is 0.291 e. The molecule has 2 aliphatic heterocycles. The zero-order valence-corrected chi connectivity index (χ0v) is 19.7. The molecule has 0 aromatic carbocycles. The van der Waals surface area contributed by atoms with Crippen LogP contribution in [0.5, 0.6) is 5.75 Å². The summed E-state index contributed by atoms with van der Waals surface area (Å²) in [6, 6.07) is 3.85. The summed E-state index contributed by atoms with van der Waals surface area (Å²) >= 11 is 0. The van der Waals surface area contributed by atoms with Crippen LogP contribution in [0.15, 0.2) is 43.2 Å². The molecule has 4 aromatic heterocycles. The summed E-state index contributed by atoms with van der Waals surface area (Å²) in [7, 11) is 1.52. The average molecular weight is 486 g/mol. The van der Waals surface area contributed by atoms with Gasteiger partial charge in [0.1, 0.15) is 23.7 Å². The van der Waals surface area contributed by atoms with E-state index in [1.807, 2.05) is 12.1 Å². The van der Waals surface area contributed by atoms with Gasteiger partial charge in [0.15, 0.2) is 5.82 Å². The Balaban J connectivity index is 1.26. The second-order valence-corrected chi connectivity index (χ2v) is 8.65. The number of fused-ring (bicyclic) bond motifs is 2. The molecule has 6 heterocycles. The number of amides is 1. The van der Waals surface area contributed by atoms with Crippen LogP contribution in [0.2, 0.25) is 0 Å². The van der Waals surface area contributed by atoms with Crippen LogP contribution in [-0.2, 0) is 22.7 Å². The molecule has 12 nitrogen and oxygen atoms in total. The lowest BCUT2D eigenvalue weighted by molar-refractivity contribution is -0.146. The number of anilines is 1. The molecule has 4 aromatic rings. The van der Waals surface area contributed by atoms with Crippen molar-refractivity contribution in [3.05, 3.63) is 60.5 Å². The number of aromatic nitrogens is 7. The highest BCUT2D eigenvalue weighted by atomic mass is 16.5. The summed E-state index contributed by atoms with van der Waals surface area (Å²) in [5, 5.41) is 7.56. The summed E-state index contributed by atoms with van der Waals surface area (Å²) in [5.74, 6) is 0.535. The van der Waals surface area contributed by atoms with Crippen LogP contribution in [0.3, 0.4) is 0 Å². The van der Waals surface area contributed by atoms with Crippen molar-refractivity contribution in [2.75, 3.05) is 25.5 Å². The number of methoxy groups -OCH3 is 1. The Morgan fingerprint density at radius 1 is 1.11 bits per heavy atom. The van der Waals surface area contributed by atoms with Crippen LogP contribution in [-0.4, -0.2) is 71.1 Å². The first-order valence-corrected chi connectivity index (χ1v) is 11.5. The molecule has 1 amide bonds. The molecule has 1 N–H and O–H groups in total. The average Bonchev–Trinajstić information content (AvgIpc) is 3.65. The van der Waals surface area contributed by atoms with E-state index < -0.39 is 17.6 Å². The second-order valence-electron chi connectivity index (χ2n) is 8.65. The van der Waals surface area contributed by atoms with Crippen molar-refractivity contribution in [2.45, 2.75) is 25.9 Å². The fourth-order valence-corrected chi connectivity index (χ4v) is 4.82. The summed E-state index contributed by atoms with van der Waals surface area (Å²) < 4.78 is 9.13. The van der Waals surface area contributed by atoms with Crippen molar-refractivity contribution >= 4 is 17.4 Å². The number of aryl methyl sites for hydroxylation is 1. The predicted octanol–water partition coefficient (Wildman–Crippen LogP) is 1.36. The summed E-state index contributed by atoms with van der Waals surface area (Å²) in [5.41, 5.74) is 3.19. The molecular weight excluding hydrogens is 462 g/mol. The molecular formula is C24H23N9O3. The van der Waals surface area contributed by atoms with Crippen molar-refractivity contribution in [1.29, 1.82) is 0 Å². The van der Waals surface area contributed by atoms with Crippen LogP contribution < -0.4 is 10.1 Å². The molecule has 0 radical (unpaired) electrons. The Morgan fingerprint density at radius 3 is 2.69 bits per heavy atom. The third-order valence-electron chi connectivity index (χ3n) is 6.59. The van der Waals surface area contributed by atoms with Gasteiger partial charge in [-0.15, -0.1) is 0 Å². The number of nitrogens with zero attached hydrogens (tertiary/aromatic N) is 8. The van der Waals surface area contributed by atoms with Crippen LogP contribution in [0.25, 0.3) is 17.1 Å². The van der Waals surface area contributed by atoms with Gasteiger partial charge in [0, 0.05) is 43.2 Å². The number of imidazole rings is 1. The number of carbonyl (C=O) groups excluding carboxylic acids is 2. The number of carbonyl (C=O) groups is 2. The maximum Gasteiger partial charge on any atom is 0.291 e. The number of nitrogens with one attached hydrogen (secondary N) is 1. The Hall–Kier alpha value is -4.61. The number of hydrogen-bond donors (Lipinski definition) is 1. The Bertz CT molecular complexity index is 1480. The first-order valence-electron chi connectivity index (χ1n) is 11.5. The first-order chi connectivity index (χ1) is 17.5. The monoisotopic (exact) mass is 485 g/mol. The lowest BCUT2D eigenvalue weighted by Gasteiger charge is -2.29. The number of hydrogen-bond acceptors (Lipinski definition) is 9. The fourth-order valence-electron chi connectivity index (χ4n) is 4.82. The third kappa shape index (κ3) is 3.49. The van der Waals surface area contributed by atoms with E-state index in [1.165, 1.54) is 7.11 Å². The van der Waals surface area contributed by atoms with Gasteiger partial charge in [-0.05, 0) is 19.1 Å². The molecule has 2 aliphatic rings. The molecule has 36 heavy (non-hydrogen) atoms. The van der Waals surface area contributed by atoms with Gasteiger partial charge in [0.05, 0.1) is 43.3 Å². The largest absolute Gasteiger partial charge is 0.495 e. The Kier molecular flexibility index (Phi) is 5.20. The van der Waals surface area contributed by atoms with Crippen LogP contribution in [0.1, 0.15) is 23.1 Å². The number of Topliss-reactive ketones (excluding diaryl/α,β-unsaturated/α-hetero) is 1. The summed E-state index contributed by atoms with van der Waals surface area (Å²) in [6.07, 6.45) is 8.37. The van der Waals surface area contributed by atoms with Gasteiger partial charge in [0.25, 0.3) is 5.91 Å². The predicted molar refractivity (Wildman–Crippen MR) is 128 cm³/mol. The standard InChI is InChI=1S/C24H23N9O3/c1-14-29-13-33(30-14)23-21-20(18(36-2)11-28-23)16(9-27-21)22(34)24(35)31-7-8-32-17(10-26-19(32)12-31)15-3-5-25-6-4-15/h3-6,10-11,13,16,27H,7-9,12H2,1-2H3. The van der Waals surface area contributed by atoms with E-state index in [2.05, 4.69) is 34.9 Å². The first kappa shape index (κ1) is 21.9. The van der Waals surface area contributed by atoms with Gasteiger partial charge in [-0.25, -0.2) is 19.6 Å². The van der Waals surface area contributed by atoms with Crippen molar-refractivity contribution in [3.8, 4) is 22.8 Å². The molecule has 0 bridgehead atoms. The van der Waals surface area contributed by atoms with Crippen molar-refractivity contribution in [2.24, 2.45) is 0 Å². The van der Waals surface area contributed by atoms with Gasteiger partial charge in [-0.1, -0.05) is 0 Å². The number of pyridine rings is 2. The maximum absolute atomic E-state index is 13.5. The molecule has 1 atom stereocenters. The minimum absolute atomic E-state index is 0.261. The van der Waals surface area contributed by atoms with E-state index in [1.54, 1.807) is 47.6 Å². The van der Waals surface area contributed by atoms with E-state index in [9.17, 15) is 9.59 Å². The van der Waals surface area contributed by atoms with Gasteiger partial charge in [0.2, 0.25) is 5.78 Å². The van der Waals surface area contributed by atoms with E-state index in [-0.39, 0.29) is 13.1 Å². The third-order valence-corrected chi connectivity index (χ3v) is 6.59. The zero-order valence-electron chi connectivity index (χ0n) is 19.7. The Morgan fingerprint density at radius 2 is 1.94 bits per heavy atom. The van der Waals surface area contributed by atoms with Crippen molar-refractivity contribution in [1.82, 2.24) is 39.2 Å². The normalized spacial score (nSPS) is 16.3. The highest BCUT2D eigenvalue weighted by Gasteiger charge is 2.40. The number of ketones is 1. The molecule has 12 heteroatoms. The fraction of sp³-hybridized carbons (Fsp3) is 0.292. The maximum atomic E-state index is 13.5. The van der Waals surface area contributed by atoms with Crippen molar-refractivity contribution in [3.63, 3.8) is 0 Å². The minimum Gasteiger partial charge on any atom is -0.495 e. The van der Waals surface area contributed by atoms with Gasteiger partial charge < -0.3 is 19.5 Å². The Labute approximate surface area is 206 Å². The molecule has 0 aliphatic carbocycles. The van der Waals surface area contributed by atoms with Crippen LogP contribution >= 0.6 is 0 Å². The SMILES string of the molecule is COc1cnc(-n2cnc(C)n2)c2c1C(C(=O)C(=O)N1CCn3c(-c4ccncc4)cnc3C1)CN2. The highest BCUT2D eigenvalue weighted by molar-refractivity contribution is 6.38. The molecule has 0 fully saturated rings. The molecule has 1 unspecified atom stereocenters. The lowest BCUT2D eigenvalue weighted by atomic mass is 9.95. The summed E-state index contributed by atoms with van der Waals surface area (Å²) in [4.78, 5) is 45.6. The van der Waals surface area contributed by atoms with E-state index in [4.69, 9.17) is 4.74 Å². The van der Waals surface area contributed by atoms with E-state index in [0.717, 1.165) is 17.1 Å². The van der Waals surface area contributed by atoms with Crippen LogP contribution in [0.4, 0.5) is 5.69 Å². The molecule has 0 saturated carbocycles. The second kappa shape index (κ2) is 8.56. The number of rotatable bonds is 5. The van der Waals surface area contributed by atoms with Crippen molar-refractivity contribution < 1.29 is 14.3 Å². The molecule has 0 saturated heterocycles.